The standard InChI is InChI=1S/C19H20N2O5/c1-12-3-4-14(9-13(12)2)19(25)20-10-18(24)26-11-17(23)21-15-5-7-16(22)8-6-15/h3-9,22H,10-11H2,1-2H3,(H,20,25)(H,21,23). The fourth-order valence-corrected chi connectivity index (χ4v) is 2.08. The van der Waals surface area contributed by atoms with Crippen LogP contribution in [0.1, 0.15) is 21.5 Å². The number of carbonyl (C=O) groups excluding carboxylic acids is 3. The van der Waals surface area contributed by atoms with Crippen molar-refractivity contribution < 1.29 is 24.2 Å². The van der Waals surface area contributed by atoms with Crippen LogP contribution in [-0.4, -0.2) is 36.0 Å². The number of aromatic hydroxyl groups is 1. The van der Waals surface area contributed by atoms with Crippen LogP contribution in [0.4, 0.5) is 5.69 Å². The lowest BCUT2D eigenvalue weighted by Crippen LogP contribution is -2.32. The number of nitrogens with one attached hydrogen (secondary N) is 2. The summed E-state index contributed by atoms with van der Waals surface area (Å²) in [5.74, 6) is -1.56. The second-order valence-electron chi connectivity index (χ2n) is 5.74. The summed E-state index contributed by atoms with van der Waals surface area (Å²) in [6.45, 7) is 3.03. The molecule has 0 fully saturated rings. The molecule has 2 aromatic carbocycles. The molecule has 2 rings (SSSR count). The molecule has 0 aliphatic carbocycles. The van der Waals surface area contributed by atoms with Crippen molar-refractivity contribution in [1.82, 2.24) is 5.32 Å². The van der Waals surface area contributed by atoms with Gasteiger partial charge in [0.1, 0.15) is 12.3 Å². The van der Waals surface area contributed by atoms with E-state index >= 15 is 0 Å². The number of hydrogen-bond acceptors (Lipinski definition) is 5. The normalized spacial score (nSPS) is 10.1. The molecule has 0 heterocycles. The predicted molar refractivity (Wildman–Crippen MR) is 95.9 cm³/mol. The Morgan fingerprint density at radius 2 is 1.69 bits per heavy atom. The molecule has 2 amide bonds. The van der Waals surface area contributed by atoms with E-state index in [0.29, 0.717) is 11.3 Å². The number of phenolic OH excluding ortho intramolecular Hbond substituents is 1. The van der Waals surface area contributed by atoms with Crippen molar-refractivity contribution in [3.8, 4) is 5.75 Å². The SMILES string of the molecule is Cc1ccc(C(=O)NCC(=O)OCC(=O)Nc2ccc(O)cc2)cc1C. The summed E-state index contributed by atoms with van der Waals surface area (Å²) in [5.41, 5.74) is 2.96. The molecule has 0 saturated carbocycles. The molecule has 0 aromatic heterocycles. The molecule has 7 heteroatoms. The molecule has 0 unspecified atom stereocenters. The summed E-state index contributed by atoms with van der Waals surface area (Å²) in [5, 5.41) is 14.1. The lowest BCUT2D eigenvalue weighted by molar-refractivity contribution is -0.146. The average molecular weight is 356 g/mol. The van der Waals surface area contributed by atoms with Crippen LogP contribution < -0.4 is 10.6 Å². The third-order valence-corrected chi connectivity index (χ3v) is 3.68. The van der Waals surface area contributed by atoms with E-state index in [0.717, 1.165) is 11.1 Å². The van der Waals surface area contributed by atoms with Crippen LogP contribution in [0.3, 0.4) is 0 Å². The quantitative estimate of drug-likeness (QED) is 0.542. The number of rotatable bonds is 6. The van der Waals surface area contributed by atoms with Crippen LogP contribution >= 0.6 is 0 Å². The van der Waals surface area contributed by atoms with Gasteiger partial charge >= 0.3 is 5.97 Å². The Balaban J connectivity index is 1.74. The number of benzene rings is 2. The number of carbonyl (C=O) groups is 3. The summed E-state index contributed by atoms with van der Waals surface area (Å²) in [6, 6.07) is 11.1. The highest BCUT2D eigenvalue weighted by Crippen LogP contribution is 2.13. The summed E-state index contributed by atoms with van der Waals surface area (Å²) < 4.78 is 4.81. The van der Waals surface area contributed by atoms with Crippen molar-refractivity contribution in [2.45, 2.75) is 13.8 Å². The molecule has 0 aliphatic rings. The van der Waals surface area contributed by atoms with E-state index < -0.39 is 24.4 Å². The first-order valence-corrected chi connectivity index (χ1v) is 7.95. The second-order valence-corrected chi connectivity index (χ2v) is 5.74. The monoisotopic (exact) mass is 356 g/mol. The van der Waals surface area contributed by atoms with Crippen molar-refractivity contribution >= 4 is 23.5 Å². The Morgan fingerprint density at radius 1 is 1.00 bits per heavy atom. The molecule has 0 bridgehead atoms. The van der Waals surface area contributed by atoms with Gasteiger partial charge in [-0.2, -0.15) is 0 Å². The van der Waals surface area contributed by atoms with Gasteiger partial charge in [0.05, 0.1) is 0 Å². The zero-order valence-corrected chi connectivity index (χ0v) is 14.5. The number of ether oxygens (including phenoxy) is 1. The van der Waals surface area contributed by atoms with Crippen molar-refractivity contribution in [2.24, 2.45) is 0 Å². The van der Waals surface area contributed by atoms with Gasteiger partial charge in [-0.05, 0) is 61.4 Å². The predicted octanol–water partition coefficient (Wildman–Crippen LogP) is 1.92. The zero-order chi connectivity index (χ0) is 19.1. The minimum absolute atomic E-state index is 0.0777. The number of amides is 2. The van der Waals surface area contributed by atoms with Gasteiger partial charge in [-0.25, -0.2) is 0 Å². The summed E-state index contributed by atoms with van der Waals surface area (Å²) in [7, 11) is 0. The molecule has 3 N–H and O–H groups in total. The van der Waals surface area contributed by atoms with E-state index in [-0.39, 0.29) is 12.3 Å². The molecule has 7 nitrogen and oxygen atoms in total. The second kappa shape index (κ2) is 8.66. The molecule has 0 aliphatic heterocycles. The molecular formula is C19H20N2O5. The first-order valence-electron chi connectivity index (χ1n) is 7.95. The van der Waals surface area contributed by atoms with Gasteiger partial charge in [-0.3, -0.25) is 14.4 Å². The number of esters is 1. The van der Waals surface area contributed by atoms with Gasteiger partial charge in [0.25, 0.3) is 11.8 Å². The van der Waals surface area contributed by atoms with E-state index in [1.807, 2.05) is 19.9 Å². The van der Waals surface area contributed by atoms with Gasteiger partial charge in [-0.15, -0.1) is 0 Å². The lowest BCUT2D eigenvalue weighted by Gasteiger charge is -2.08. The fourth-order valence-electron chi connectivity index (χ4n) is 2.08. The number of aryl methyl sites for hydroxylation is 2. The maximum absolute atomic E-state index is 12.0. The van der Waals surface area contributed by atoms with Crippen LogP contribution in [0.15, 0.2) is 42.5 Å². The molecule has 2 aromatic rings. The van der Waals surface area contributed by atoms with Crippen LogP contribution in [-0.2, 0) is 14.3 Å². The van der Waals surface area contributed by atoms with Crippen molar-refractivity contribution in [3.63, 3.8) is 0 Å². The summed E-state index contributed by atoms with van der Waals surface area (Å²) >= 11 is 0. The highest BCUT2D eigenvalue weighted by Gasteiger charge is 2.11. The molecule has 136 valence electrons. The molecular weight excluding hydrogens is 336 g/mol. The first-order chi connectivity index (χ1) is 12.3. The van der Waals surface area contributed by atoms with Crippen molar-refractivity contribution in [1.29, 1.82) is 0 Å². The minimum atomic E-state index is -0.719. The molecule has 0 saturated heterocycles. The molecule has 0 spiro atoms. The third kappa shape index (κ3) is 5.62. The van der Waals surface area contributed by atoms with E-state index in [2.05, 4.69) is 10.6 Å². The van der Waals surface area contributed by atoms with E-state index in [4.69, 9.17) is 9.84 Å². The Kier molecular flexibility index (Phi) is 6.32. The first kappa shape index (κ1) is 19.0. The summed E-state index contributed by atoms with van der Waals surface area (Å²) in [6.07, 6.45) is 0. The number of phenols is 1. The Hall–Kier alpha value is -3.35. The average Bonchev–Trinajstić information content (AvgIpc) is 2.62. The van der Waals surface area contributed by atoms with E-state index in [9.17, 15) is 14.4 Å². The van der Waals surface area contributed by atoms with Crippen LogP contribution in [0.25, 0.3) is 0 Å². The largest absolute Gasteiger partial charge is 0.508 e. The van der Waals surface area contributed by atoms with E-state index in [1.165, 1.54) is 24.3 Å². The van der Waals surface area contributed by atoms with E-state index in [1.54, 1.807) is 12.1 Å². The maximum Gasteiger partial charge on any atom is 0.325 e. The Labute approximate surface area is 151 Å². The number of anilines is 1. The van der Waals surface area contributed by atoms with Crippen LogP contribution in [0.2, 0.25) is 0 Å². The topological polar surface area (TPSA) is 105 Å². The van der Waals surface area contributed by atoms with Crippen molar-refractivity contribution in [3.05, 3.63) is 59.2 Å². The van der Waals surface area contributed by atoms with Crippen molar-refractivity contribution in [2.75, 3.05) is 18.5 Å². The van der Waals surface area contributed by atoms with Gasteiger partial charge in [0.2, 0.25) is 0 Å². The zero-order valence-electron chi connectivity index (χ0n) is 14.5. The lowest BCUT2D eigenvalue weighted by atomic mass is 10.1. The summed E-state index contributed by atoms with van der Waals surface area (Å²) in [4.78, 5) is 35.3. The molecule has 0 atom stereocenters. The highest BCUT2D eigenvalue weighted by atomic mass is 16.5. The Bertz CT molecular complexity index is 815. The number of hydrogen-bond donors (Lipinski definition) is 3. The fraction of sp³-hybridized carbons (Fsp3) is 0.211. The van der Waals surface area contributed by atoms with Gasteiger partial charge < -0.3 is 20.5 Å². The van der Waals surface area contributed by atoms with Gasteiger partial charge in [0.15, 0.2) is 6.61 Å². The molecule has 26 heavy (non-hydrogen) atoms. The highest BCUT2D eigenvalue weighted by molar-refractivity contribution is 5.96. The van der Waals surface area contributed by atoms with Crippen LogP contribution in [0.5, 0.6) is 5.75 Å². The van der Waals surface area contributed by atoms with Gasteiger partial charge in [0, 0.05) is 11.3 Å². The maximum atomic E-state index is 12.0. The minimum Gasteiger partial charge on any atom is -0.508 e. The van der Waals surface area contributed by atoms with Crippen LogP contribution in [0, 0.1) is 13.8 Å². The Morgan fingerprint density at radius 3 is 2.35 bits per heavy atom. The molecule has 0 radical (unpaired) electrons. The van der Waals surface area contributed by atoms with Gasteiger partial charge in [-0.1, -0.05) is 6.07 Å². The third-order valence-electron chi connectivity index (χ3n) is 3.68. The smallest absolute Gasteiger partial charge is 0.325 e.